The van der Waals surface area contributed by atoms with Crippen LogP contribution >= 0.6 is 0 Å². The number of allylic oxidation sites excluding steroid dienone is 1. The SMILES string of the molecule is C=C(C)COc1ccc2c(c1C)O/C(=C\c1cccc(C)c1)C2=O. The van der Waals surface area contributed by atoms with Crippen LogP contribution in [0, 0.1) is 13.8 Å². The summed E-state index contributed by atoms with van der Waals surface area (Å²) in [6, 6.07) is 11.5. The Balaban J connectivity index is 1.92. The van der Waals surface area contributed by atoms with Crippen LogP contribution in [0.15, 0.2) is 54.3 Å². The van der Waals surface area contributed by atoms with Gasteiger partial charge in [0.25, 0.3) is 0 Å². The monoisotopic (exact) mass is 320 g/mol. The van der Waals surface area contributed by atoms with E-state index in [4.69, 9.17) is 9.47 Å². The fourth-order valence-corrected chi connectivity index (χ4v) is 2.64. The minimum atomic E-state index is -0.0962. The van der Waals surface area contributed by atoms with E-state index < -0.39 is 0 Å². The molecule has 2 aromatic carbocycles. The Morgan fingerprint density at radius 3 is 2.75 bits per heavy atom. The quantitative estimate of drug-likeness (QED) is 0.595. The number of ketones is 1. The molecule has 0 saturated heterocycles. The molecule has 2 aromatic rings. The summed E-state index contributed by atoms with van der Waals surface area (Å²) in [6.45, 7) is 10.1. The molecule has 0 atom stereocenters. The van der Waals surface area contributed by atoms with Crippen LogP contribution in [0.5, 0.6) is 11.5 Å². The first-order valence-electron chi connectivity index (χ1n) is 7.87. The highest BCUT2D eigenvalue weighted by Crippen LogP contribution is 2.39. The Hall–Kier alpha value is -2.81. The molecule has 24 heavy (non-hydrogen) atoms. The Morgan fingerprint density at radius 1 is 1.25 bits per heavy atom. The number of carbonyl (C=O) groups excluding carboxylic acids is 1. The fourth-order valence-electron chi connectivity index (χ4n) is 2.64. The summed E-state index contributed by atoms with van der Waals surface area (Å²) in [5.74, 6) is 1.54. The maximum absolute atomic E-state index is 12.6. The van der Waals surface area contributed by atoms with Gasteiger partial charge in [-0.1, -0.05) is 36.4 Å². The maximum atomic E-state index is 12.6. The third-order valence-electron chi connectivity index (χ3n) is 3.85. The standard InChI is InChI=1S/C21H20O3/c1-13(2)12-23-18-9-8-17-20(22)19(24-21(17)15(18)4)11-16-7-5-6-14(3)10-16/h5-11H,1,12H2,2-4H3/b19-11-. The van der Waals surface area contributed by atoms with E-state index >= 15 is 0 Å². The summed E-state index contributed by atoms with van der Waals surface area (Å²) in [6.07, 6.45) is 1.78. The highest BCUT2D eigenvalue weighted by atomic mass is 16.5. The molecule has 0 saturated carbocycles. The summed E-state index contributed by atoms with van der Waals surface area (Å²) in [5.41, 5.74) is 4.43. The molecular weight excluding hydrogens is 300 g/mol. The number of rotatable bonds is 4. The van der Waals surface area contributed by atoms with Gasteiger partial charge < -0.3 is 9.47 Å². The van der Waals surface area contributed by atoms with Crippen LogP contribution in [0.25, 0.3) is 6.08 Å². The van der Waals surface area contributed by atoms with E-state index in [0.29, 0.717) is 29.4 Å². The number of carbonyl (C=O) groups is 1. The molecule has 3 heteroatoms. The third-order valence-corrected chi connectivity index (χ3v) is 3.85. The van der Waals surface area contributed by atoms with Crippen LogP contribution in [0.3, 0.4) is 0 Å². The van der Waals surface area contributed by atoms with Gasteiger partial charge in [-0.05, 0) is 50.1 Å². The first-order valence-corrected chi connectivity index (χ1v) is 7.87. The van der Waals surface area contributed by atoms with Gasteiger partial charge in [-0.2, -0.15) is 0 Å². The Labute approximate surface area is 142 Å². The zero-order valence-electron chi connectivity index (χ0n) is 14.2. The fraction of sp³-hybridized carbons (Fsp3) is 0.190. The van der Waals surface area contributed by atoms with Crippen LogP contribution in [0.1, 0.15) is 34.0 Å². The minimum absolute atomic E-state index is 0.0962. The summed E-state index contributed by atoms with van der Waals surface area (Å²) >= 11 is 0. The topological polar surface area (TPSA) is 35.5 Å². The molecule has 0 N–H and O–H groups in total. The van der Waals surface area contributed by atoms with Crippen molar-refractivity contribution in [1.82, 2.24) is 0 Å². The van der Waals surface area contributed by atoms with Gasteiger partial charge in [0, 0.05) is 5.56 Å². The molecule has 0 aliphatic carbocycles. The van der Waals surface area contributed by atoms with E-state index in [9.17, 15) is 4.79 Å². The summed E-state index contributed by atoms with van der Waals surface area (Å²) in [5, 5.41) is 0. The lowest BCUT2D eigenvalue weighted by molar-refractivity contribution is 0.101. The van der Waals surface area contributed by atoms with E-state index in [1.165, 1.54) is 0 Å². The lowest BCUT2D eigenvalue weighted by Gasteiger charge is -2.11. The number of hydrogen-bond donors (Lipinski definition) is 0. The van der Waals surface area contributed by atoms with Crippen molar-refractivity contribution in [2.75, 3.05) is 6.61 Å². The summed E-state index contributed by atoms with van der Waals surface area (Å²) in [7, 11) is 0. The van der Waals surface area contributed by atoms with Gasteiger partial charge in [-0.25, -0.2) is 0 Å². The first kappa shape index (κ1) is 16.1. The van der Waals surface area contributed by atoms with Crippen LogP contribution in [-0.2, 0) is 0 Å². The number of ether oxygens (including phenoxy) is 2. The van der Waals surface area contributed by atoms with E-state index in [2.05, 4.69) is 6.58 Å². The Bertz CT molecular complexity index is 859. The number of Topliss-reactive ketones (excluding diaryl/α,β-unsaturated/α-hetero) is 1. The van der Waals surface area contributed by atoms with Gasteiger partial charge in [-0.3, -0.25) is 4.79 Å². The van der Waals surface area contributed by atoms with E-state index in [1.807, 2.05) is 51.1 Å². The van der Waals surface area contributed by atoms with Crippen molar-refractivity contribution in [2.45, 2.75) is 20.8 Å². The molecule has 0 radical (unpaired) electrons. The second-order valence-electron chi connectivity index (χ2n) is 6.17. The van der Waals surface area contributed by atoms with Gasteiger partial charge in [0.05, 0.1) is 5.56 Å². The van der Waals surface area contributed by atoms with Gasteiger partial charge in [-0.15, -0.1) is 0 Å². The molecule has 0 unspecified atom stereocenters. The van der Waals surface area contributed by atoms with Crippen LogP contribution < -0.4 is 9.47 Å². The van der Waals surface area contributed by atoms with Crippen molar-refractivity contribution in [3.8, 4) is 11.5 Å². The normalized spacial score (nSPS) is 14.5. The van der Waals surface area contributed by atoms with Gasteiger partial charge in [0.2, 0.25) is 5.78 Å². The molecule has 1 aliphatic heterocycles. The smallest absolute Gasteiger partial charge is 0.231 e. The molecule has 1 aliphatic rings. The highest BCUT2D eigenvalue weighted by molar-refractivity contribution is 6.14. The number of hydrogen-bond acceptors (Lipinski definition) is 3. The predicted octanol–water partition coefficient (Wildman–Crippen LogP) is 4.87. The molecule has 0 bridgehead atoms. The zero-order chi connectivity index (χ0) is 17.3. The van der Waals surface area contributed by atoms with Crippen molar-refractivity contribution >= 4 is 11.9 Å². The minimum Gasteiger partial charge on any atom is -0.489 e. The number of benzene rings is 2. The number of aryl methyl sites for hydroxylation is 1. The van der Waals surface area contributed by atoms with E-state index in [1.54, 1.807) is 12.1 Å². The molecule has 122 valence electrons. The second-order valence-corrected chi connectivity index (χ2v) is 6.17. The molecule has 1 heterocycles. The largest absolute Gasteiger partial charge is 0.489 e. The Morgan fingerprint density at radius 2 is 2.04 bits per heavy atom. The van der Waals surface area contributed by atoms with Crippen molar-refractivity contribution in [1.29, 1.82) is 0 Å². The van der Waals surface area contributed by atoms with Crippen LogP contribution in [-0.4, -0.2) is 12.4 Å². The number of fused-ring (bicyclic) bond motifs is 1. The molecular formula is C21H20O3. The summed E-state index contributed by atoms with van der Waals surface area (Å²) in [4.78, 5) is 12.6. The van der Waals surface area contributed by atoms with Crippen molar-refractivity contribution in [3.05, 3.63) is 76.6 Å². The van der Waals surface area contributed by atoms with Gasteiger partial charge in [0.15, 0.2) is 5.76 Å². The average Bonchev–Trinajstić information content (AvgIpc) is 2.84. The van der Waals surface area contributed by atoms with Crippen LogP contribution in [0.4, 0.5) is 0 Å². The molecule has 0 amide bonds. The van der Waals surface area contributed by atoms with Gasteiger partial charge >= 0.3 is 0 Å². The van der Waals surface area contributed by atoms with Crippen LogP contribution in [0.2, 0.25) is 0 Å². The van der Waals surface area contributed by atoms with Crippen molar-refractivity contribution in [3.63, 3.8) is 0 Å². The predicted molar refractivity (Wildman–Crippen MR) is 95.6 cm³/mol. The lowest BCUT2D eigenvalue weighted by atomic mass is 10.1. The Kier molecular flexibility index (Phi) is 4.26. The molecule has 3 rings (SSSR count). The van der Waals surface area contributed by atoms with Gasteiger partial charge in [0.1, 0.15) is 18.1 Å². The van der Waals surface area contributed by atoms with Crippen molar-refractivity contribution < 1.29 is 14.3 Å². The zero-order valence-corrected chi connectivity index (χ0v) is 14.2. The van der Waals surface area contributed by atoms with Crippen molar-refractivity contribution in [2.24, 2.45) is 0 Å². The van der Waals surface area contributed by atoms with E-state index in [0.717, 1.165) is 22.3 Å². The van der Waals surface area contributed by atoms with E-state index in [-0.39, 0.29) is 5.78 Å². The maximum Gasteiger partial charge on any atom is 0.231 e. The second kappa shape index (κ2) is 6.36. The molecule has 0 spiro atoms. The third kappa shape index (κ3) is 3.11. The molecule has 0 aromatic heterocycles. The first-order chi connectivity index (χ1) is 11.5. The molecule has 0 fully saturated rings. The summed E-state index contributed by atoms with van der Waals surface area (Å²) < 4.78 is 11.6. The lowest BCUT2D eigenvalue weighted by Crippen LogP contribution is -2.00. The molecule has 3 nitrogen and oxygen atoms in total. The average molecular weight is 320 g/mol. The highest BCUT2D eigenvalue weighted by Gasteiger charge is 2.30.